The molecule has 4 heteroatoms. The van der Waals surface area contributed by atoms with E-state index in [9.17, 15) is 4.79 Å². The van der Waals surface area contributed by atoms with Crippen LogP contribution in [0.1, 0.15) is 65.7 Å². The molecule has 0 saturated carbocycles. The highest BCUT2D eigenvalue weighted by atomic mass is 16.1. The van der Waals surface area contributed by atoms with Gasteiger partial charge in [-0.3, -0.25) is 4.57 Å². The topological polar surface area (TPSA) is 60.9 Å². The zero-order valence-corrected chi connectivity index (χ0v) is 12.5. The van der Waals surface area contributed by atoms with Crippen LogP contribution in [0.25, 0.3) is 0 Å². The lowest BCUT2D eigenvalue weighted by atomic mass is 9.89. The second-order valence-electron chi connectivity index (χ2n) is 5.56. The largest absolute Gasteiger partial charge is 0.383 e. The number of nitrogen functional groups attached to an aromatic ring is 1. The first-order valence-electron chi connectivity index (χ1n) is 7.39. The molecule has 0 spiro atoms. The molecule has 0 aliphatic heterocycles. The molecular formula is C15H27N3O. The van der Waals surface area contributed by atoms with E-state index in [1.165, 1.54) is 19.3 Å². The first-order valence-corrected chi connectivity index (χ1v) is 7.39. The van der Waals surface area contributed by atoms with Crippen molar-refractivity contribution in [3.8, 4) is 0 Å². The average Bonchev–Trinajstić information content (AvgIpc) is 2.35. The summed E-state index contributed by atoms with van der Waals surface area (Å²) in [6.45, 7) is 6.52. The molecule has 1 aromatic heterocycles. The molecule has 19 heavy (non-hydrogen) atoms. The van der Waals surface area contributed by atoms with E-state index in [1.807, 2.05) is 0 Å². The Morgan fingerprint density at radius 1 is 1.21 bits per heavy atom. The van der Waals surface area contributed by atoms with Gasteiger partial charge < -0.3 is 5.73 Å². The zero-order valence-electron chi connectivity index (χ0n) is 12.5. The minimum Gasteiger partial charge on any atom is -0.383 e. The maximum atomic E-state index is 12.0. The van der Waals surface area contributed by atoms with Gasteiger partial charge in [-0.25, -0.2) is 4.79 Å². The van der Waals surface area contributed by atoms with Gasteiger partial charge >= 0.3 is 5.69 Å². The Hall–Kier alpha value is -1.32. The Kier molecular flexibility index (Phi) is 6.06. The normalized spacial score (nSPS) is 14.3. The van der Waals surface area contributed by atoms with Crippen molar-refractivity contribution in [3.63, 3.8) is 0 Å². The quantitative estimate of drug-likeness (QED) is 0.733. The van der Waals surface area contributed by atoms with E-state index >= 15 is 0 Å². The monoisotopic (exact) mass is 265 g/mol. The summed E-state index contributed by atoms with van der Waals surface area (Å²) in [5.74, 6) is 0.297. The molecule has 0 aliphatic carbocycles. The van der Waals surface area contributed by atoms with Crippen molar-refractivity contribution in [2.45, 2.75) is 71.3 Å². The number of anilines is 1. The fourth-order valence-corrected chi connectivity index (χ4v) is 2.66. The van der Waals surface area contributed by atoms with Gasteiger partial charge in [-0.15, -0.1) is 0 Å². The third kappa shape index (κ3) is 4.37. The highest BCUT2D eigenvalue weighted by Crippen LogP contribution is 2.27. The van der Waals surface area contributed by atoms with E-state index in [2.05, 4.69) is 25.8 Å². The van der Waals surface area contributed by atoms with E-state index < -0.39 is 0 Å². The summed E-state index contributed by atoms with van der Waals surface area (Å²) in [6, 6.07) is 1.71. The van der Waals surface area contributed by atoms with Gasteiger partial charge in [-0.2, -0.15) is 4.98 Å². The van der Waals surface area contributed by atoms with Crippen LogP contribution in [0.2, 0.25) is 0 Å². The molecule has 1 rings (SSSR count). The minimum atomic E-state index is -0.230. The molecule has 0 aliphatic rings. The molecule has 0 saturated heterocycles. The van der Waals surface area contributed by atoms with Gasteiger partial charge in [-0.1, -0.05) is 46.0 Å². The lowest BCUT2D eigenvalue weighted by Gasteiger charge is -2.31. The Bertz CT molecular complexity index is 441. The molecule has 4 nitrogen and oxygen atoms in total. The Balaban J connectivity index is 2.87. The Morgan fingerprint density at radius 3 is 2.53 bits per heavy atom. The van der Waals surface area contributed by atoms with Crippen LogP contribution in [-0.2, 0) is 5.54 Å². The van der Waals surface area contributed by atoms with Gasteiger partial charge in [0.2, 0.25) is 0 Å². The molecule has 0 bridgehead atoms. The molecule has 1 atom stereocenters. The van der Waals surface area contributed by atoms with Gasteiger partial charge in [0.25, 0.3) is 0 Å². The highest BCUT2D eigenvalue weighted by molar-refractivity contribution is 5.23. The molecule has 0 aromatic carbocycles. The summed E-state index contributed by atoms with van der Waals surface area (Å²) < 4.78 is 1.76. The fraction of sp³-hybridized carbons (Fsp3) is 0.733. The molecular weight excluding hydrogens is 238 g/mol. The van der Waals surface area contributed by atoms with Crippen molar-refractivity contribution < 1.29 is 0 Å². The zero-order chi connectivity index (χ0) is 14.3. The number of hydrogen-bond acceptors (Lipinski definition) is 3. The summed E-state index contributed by atoms with van der Waals surface area (Å²) in [6.07, 6.45) is 9.73. The molecule has 1 aromatic rings. The third-order valence-electron chi connectivity index (χ3n) is 3.76. The molecule has 1 unspecified atom stereocenters. The number of rotatable bonds is 8. The van der Waals surface area contributed by atoms with Crippen LogP contribution in [0.3, 0.4) is 0 Å². The van der Waals surface area contributed by atoms with E-state index in [-0.39, 0.29) is 11.2 Å². The van der Waals surface area contributed by atoms with Crippen molar-refractivity contribution in [2.75, 3.05) is 5.73 Å². The summed E-state index contributed by atoms with van der Waals surface area (Å²) in [7, 11) is 0. The highest BCUT2D eigenvalue weighted by Gasteiger charge is 2.26. The smallest absolute Gasteiger partial charge is 0.349 e. The van der Waals surface area contributed by atoms with Gasteiger partial charge in [0, 0.05) is 11.7 Å². The second kappa shape index (κ2) is 7.31. The summed E-state index contributed by atoms with van der Waals surface area (Å²) in [5.41, 5.74) is 5.19. The van der Waals surface area contributed by atoms with Crippen molar-refractivity contribution in [2.24, 2.45) is 0 Å². The van der Waals surface area contributed by atoms with Crippen molar-refractivity contribution >= 4 is 5.82 Å². The third-order valence-corrected chi connectivity index (χ3v) is 3.76. The number of nitrogens with two attached hydrogens (primary N) is 1. The molecule has 108 valence electrons. The Morgan fingerprint density at radius 2 is 1.95 bits per heavy atom. The van der Waals surface area contributed by atoms with E-state index in [4.69, 9.17) is 5.73 Å². The van der Waals surface area contributed by atoms with Crippen molar-refractivity contribution in [1.29, 1.82) is 0 Å². The van der Waals surface area contributed by atoms with Crippen LogP contribution >= 0.6 is 0 Å². The van der Waals surface area contributed by atoms with Gasteiger partial charge in [0.1, 0.15) is 5.82 Å². The molecule has 0 fully saturated rings. The molecule has 1 heterocycles. The van der Waals surface area contributed by atoms with Crippen LogP contribution in [0.15, 0.2) is 17.1 Å². The lowest BCUT2D eigenvalue weighted by Crippen LogP contribution is -2.39. The molecule has 0 amide bonds. The number of unbranched alkanes of at least 4 members (excludes halogenated alkanes) is 3. The number of aromatic nitrogens is 2. The fourth-order valence-electron chi connectivity index (χ4n) is 2.66. The second-order valence-corrected chi connectivity index (χ2v) is 5.56. The van der Waals surface area contributed by atoms with Crippen LogP contribution < -0.4 is 11.4 Å². The van der Waals surface area contributed by atoms with Crippen LogP contribution in [0.4, 0.5) is 5.82 Å². The van der Waals surface area contributed by atoms with Crippen LogP contribution in [0, 0.1) is 0 Å². The first kappa shape index (κ1) is 15.7. The van der Waals surface area contributed by atoms with Crippen molar-refractivity contribution in [3.05, 3.63) is 22.7 Å². The summed E-state index contributed by atoms with van der Waals surface area (Å²) >= 11 is 0. The SMILES string of the molecule is CCCCCCC(C)(CCC)n1ccc(N)nc1=O. The van der Waals surface area contributed by atoms with Crippen LogP contribution in [-0.4, -0.2) is 9.55 Å². The van der Waals surface area contributed by atoms with E-state index in [1.54, 1.807) is 16.8 Å². The van der Waals surface area contributed by atoms with Gasteiger partial charge in [0.05, 0.1) is 0 Å². The Labute approximate surface area is 116 Å². The maximum absolute atomic E-state index is 12.0. The molecule has 2 N–H and O–H groups in total. The van der Waals surface area contributed by atoms with Gasteiger partial charge in [-0.05, 0) is 25.8 Å². The predicted octanol–water partition coefficient (Wildman–Crippen LogP) is 3.31. The predicted molar refractivity (Wildman–Crippen MR) is 80.2 cm³/mol. The van der Waals surface area contributed by atoms with Crippen molar-refractivity contribution in [1.82, 2.24) is 9.55 Å². The number of hydrogen-bond donors (Lipinski definition) is 1. The maximum Gasteiger partial charge on any atom is 0.349 e. The summed E-state index contributed by atoms with van der Waals surface area (Å²) in [4.78, 5) is 15.9. The number of nitrogens with zero attached hydrogens (tertiary/aromatic N) is 2. The average molecular weight is 265 g/mol. The summed E-state index contributed by atoms with van der Waals surface area (Å²) in [5, 5.41) is 0. The first-order chi connectivity index (χ1) is 9.03. The minimum absolute atomic E-state index is 0.139. The van der Waals surface area contributed by atoms with Crippen LogP contribution in [0.5, 0.6) is 0 Å². The standard InChI is InChI=1S/C15H27N3O/c1-4-6-7-8-11-15(3,10-5-2)18-12-9-13(16)17-14(18)19/h9,12H,4-8,10-11H2,1-3H3,(H2,16,17,19). The van der Waals surface area contributed by atoms with Gasteiger partial charge in [0.15, 0.2) is 0 Å². The van der Waals surface area contributed by atoms with E-state index in [0.717, 1.165) is 25.7 Å². The lowest BCUT2D eigenvalue weighted by molar-refractivity contribution is 0.247. The molecule has 0 radical (unpaired) electrons. The van der Waals surface area contributed by atoms with E-state index in [0.29, 0.717) is 5.82 Å².